The molecule has 0 bridgehead atoms. The molecule has 0 saturated carbocycles. The van der Waals surface area contributed by atoms with Gasteiger partial charge < -0.3 is 18.7 Å². The maximum Gasteiger partial charge on any atom is 0.258 e. The molecule has 0 spiro atoms. The Morgan fingerprint density at radius 2 is 1.76 bits per heavy atom. The van der Waals surface area contributed by atoms with Crippen LogP contribution in [0, 0.1) is 6.92 Å². The van der Waals surface area contributed by atoms with Crippen LogP contribution < -0.4 is 14.2 Å². The van der Waals surface area contributed by atoms with Crippen molar-refractivity contribution in [3.8, 4) is 40.2 Å². The lowest BCUT2D eigenvalue weighted by atomic mass is 10.1. The predicted octanol–water partition coefficient (Wildman–Crippen LogP) is 4.68. The van der Waals surface area contributed by atoms with Gasteiger partial charge in [0.2, 0.25) is 11.7 Å². The van der Waals surface area contributed by atoms with Gasteiger partial charge in [0.1, 0.15) is 0 Å². The van der Waals surface area contributed by atoms with Gasteiger partial charge in [-0.3, -0.25) is 0 Å². The second-order valence-corrected chi connectivity index (χ2v) is 6.46. The first-order valence-corrected chi connectivity index (χ1v) is 9.23. The molecular weight excluding hydrogens is 370 g/mol. The molecule has 0 aliphatic heterocycles. The van der Waals surface area contributed by atoms with E-state index in [1.165, 1.54) is 0 Å². The average Bonchev–Trinajstić information content (AvgIpc) is 3.23. The molecule has 2 heterocycles. The fourth-order valence-corrected chi connectivity index (χ4v) is 3.10. The Bertz CT molecular complexity index is 1170. The van der Waals surface area contributed by atoms with Gasteiger partial charge in [-0.2, -0.15) is 4.98 Å². The second-order valence-electron chi connectivity index (χ2n) is 6.46. The fourth-order valence-electron chi connectivity index (χ4n) is 3.10. The summed E-state index contributed by atoms with van der Waals surface area (Å²) in [4.78, 5) is 9.19. The molecule has 148 valence electrons. The highest BCUT2D eigenvalue weighted by Gasteiger charge is 2.18. The first kappa shape index (κ1) is 18.7. The molecule has 0 saturated heterocycles. The van der Waals surface area contributed by atoms with Crippen LogP contribution in [-0.2, 0) is 0 Å². The van der Waals surface area contributed by atoms with Crippen LogP contribution in [0.3, 0.4) is 0 Å². The topological polar surface area (TPSA) is 79.5 Å². The number of aromatic nitrogens is 3. The number of rotatable bonds is 6. The number of ether oxygens (including phenoxy) is 3. The standard InChI is InChI=1S/C22H21N3O4/c1-5-28-22-16(11-15-10-13(2)6-8-17(15)23-22)20-24-21(29-25-20)14-7-9-18(26-3)19(12-14)27-4/h6-12H,5H2,1-4H3. The van der Waals surface area contributed by atoms with E-state index in [2.05, 4.69) is 21.2 Å². The first-order valence-electron chi connectivity index (χ1n) is 9.23. The van der Waals surface area contributed by atoms with Gasteiger partial charge in [-0.25, -0.2) is 4.98 Å². The van der Waals surface area contributed by atoms with Crippen LogP contribution >= 0.6 is 0 Å². The maximum absolute atomic E-state index is 5.74. The minimum atomic E-state index is 0.368. The third kappa shape index (κ3) is 3.59. The van der Waals surface area contributed by atoms with E-state index < -0.39 is 0 Å². The summed E-state index contributed by atoms with van der Waals surface area (Å²) in [5, 5.41) is 5.14. The zero-order valence-electron chi connectivity index (χ0n) is 16.7. The summed E-state index contributed by atoms with van der Waals surface area (Å²) in [6, 6.07) is 13.5. The zero-order valence-corrected chi connectivity index (χ0v) is 16.7. The van der Waals surface area contributed by atoms with E-state index >= 15 is 0 Å². The Hall–Kier alpha value is -3.61. The summed E-state index contributed by atoms with van der Waals surface area (Å²) < 4.78 is 21.9. The van der Waals surface area contributed by atoms with Gasteiger partial charge in [0.05, 0.1) is 31.9 Å². The van der Waals surface area contributed by atoms with Gasteiger partial charge in [0.15, 0.2) is 11.5 Å². The van der Waals surface area contributed by atoms with Crippen LogP contribution in [0.1, 0.15) is 12.5 Å². The quantitative estimate of drug-likeness (QED) is 0.472. The number of hydrogen-bond acceptors (Lipinski definition) is 7. The van der Waals surface area contributed by atoms with Crippen molar-refractivity contribution in [2.45, 2.75) is 13.8 Å². The van der Waals surface area contributed by atoms with Gasteiger partial charge in [0.25, 0.3) is 5.89 Å². The first-order chi connectivity index (χ1) is 14.1. The number of nitrogens with zero attached hydrogens (tertiary/aromatic N) is 3. The normalized spacial score (nSPS) is 10.9. The minimum Gasteiger partial charge on any atom is -0.493 e. The molecule has 7 heteroatoms. The molecular formula is C22H21N3O4. The number of benzene rings is 2. The van der Waals surface area contributed by atoms with E-state index in [0.717, 1.165) is 22.0 Å². The lowest BCUT2D eigenvalue weighted by molar-refractivity contribution is 0.329. The number of pyridine rings is 1. The van der Waals surface area contributed by atoms with Crippen LogP contribution in [0.5, 0.6) is 17.4 Å². The van der Waals surface area contributed by atoms with Gasteiger partial charge in [-0.1, -0.05) is 16.8 Å². The summed E-state index contributed by atoms with van der Waals surface area (Å²) >= 11 is 0. The number of aryl methyl sites for hydroxylation is 1. The number of fused-ring (bicyclic) bond motifs is 1. The maximum atomic E-state index is 5.74. The summed E-state index contributed by atoms with van der Waals surface area (Å²) in [6.07, 6.45) is 0. The zero-order chi connectivity index (χ0) is 20.4. The van der Waals surface area contributed by atoms with Crippen LogP contribution in [0.25, 0.3) is 33.7 Å². The Morgan fingerprint density at radius 3 is 2.52 bits per heavy atom. The van der Waals surface area contributed by atoms with E-state index in [1.807, 2.05) is 38.1 Å². The Balaban J connectivity index is 1.79. The third-order valence-electron chi connectivity index (χ3n) is 4.51. The molecule has 0 atom stereocenters. The largest absolute Gasteiger partial charge is 0.493 e. The van der Waals surface area contributed by atoms with Crippen molar-refractivity contribution in [2.75, 3.05) is 20.8 Å². The van der Waals surface area contributed by atoms with Crippen LogP contribution in [0.4, 0.5) is 0 Å². The van der Waals surface area contributed by atoms with Crippen molar-refractivity contribution in [1.29, 1.82) is 0 Å². The summed E-state index contributed by atoms with van der Waals surface area (Å²) in [7, 11) is 3.17. The highest BCUT2D eigenvalue weighted by molar-refractivity contribution is 5.85. The van der Waals surface area contributed by atoms with E-state index in [9.17, 15) is 0 Å². The molecule has 0 aliphatic carbocycles. The SMILES string of the molecule is CCOc1nc2ccc(C)cc2cc1-c1noc(-c2ccc(OC)c(OC)c2)n1. The number of hydrogen-bond donors (Lipinski definition) is 0. The lowest BCUT2D eigenvalue weighted by Crippen LogP contribution is -1.98. The average molecular weight is 391 g/mol. The molecule has 2 aromatic carbocycles. The molecule has 0 unspecified atom stereocenters. The lowest BCUT2D eigenvalue weighted by Gasteiger charge is -2.09. The molecule has 4 aromatic rings. The Labute approximate surface area is 168 Å². The van der Waals surface area contributed by atoms with Gasteiger partial charge in [-0.15, -0.1) is 0 Å². The van der Waals surface area contributed by atoms with Crippen molar-refractivity contribution in [3.05, 3.63) is 48.0 Å². The molecule has 0 aliphatic rings. The van der Waals surface area contributed by atoms with Crippen molar-refractivity contribution >= 4 is 10.9 Å². The van der Waals surface area contributed by atoms with E-state index in [1.54, 1.807) is 26.4 Å². The second kappa shape index (κ2) is 7.79. The summed E-state index contributed by atoms with van der Waals surface area (Å²) in [6.45, 7) is 4.44. The molecule has 29 heavy (non-hydrogen) atoms. The van der Waals surface area contributed by atoms with Crippen molar-refractivity contribution in [2.24, 2.45) is 0 Å². The Kier molecular flexibility index (Phi) is 5.03. The van der Waals surface area contributed by atoms with Crippen LogP contribution in [-0.4, -0.2) is 36.0 Å². The molecule has 0 N–H and O–H groups in total. The molecule has 0 fully saturated rings. The molecule has 0 amide bonds. The van der Waals surface area contributed by atoms with Gasteiger partial charge in [0, 0.05) is 10.9 Å². The van der Waals surface area contributed by atoms with Crippen LogP contribution in [0.15, 0.2) is 47.0 Å². The minimum absolute atomic E-state index is 0.368. The fraction of sp³-hybridized carbons (Fsp3) is 0.227. The van der Waals surface area contributed by atoms with Crippen molar-refractivity contribution in [3.63, 3.8) is 0 Å². The summed E-state index contributed by atoms with van der Waals surface area (Å²) in [5.41, 5.74) is 3.41. The predicted molar refractivity (Wildman–Crippen MR) is 109 cm³/mol. The highest BCUT2D eigenvalue weighted by Crippen LogP contribution is 2.34. The van der Waals surface area contributed by atoms with Crippen molar-refractivity contribution < 1.29 is 18.7 Å². The third-order valence-corrected chi connectivity index (χ3v) is 4.51. The van der Waals surface area contributed by atoms with Crippen LogP contribution in [0.2, 0.25) is 0 Å². The van der Waals surface area contributed by atoms with E-state index in [4.69, 9.17) is 18.7 Å². The van der Waals surface area contributed by atoms with Gasteiger partial charge in [-0.05, 0) is 50.2 Å². The Morgan fingerprint density at radius 1 is 0.931 bits per heavy atom. The van der Waals surface area contributed by atoms with Crippen molar-refractivity contribution in [1.82, 2.24) is 15.1 Å². The monoisotopic (exact) mass is 391 g/mol. The molecule has 2 aromatic heterocycles. The van der Waals surface area contributed by atoms with E-state index in [-0.39, 0.29) is 0 Å². The van der Waals surface area contributed by atoms with E-state index in [0.29, 0.717) is 41.3 Å². The van der Waals surface area contributed by atoms with Gasteiger partial charge >= 0.3 is 0 Å². The molecule has 0 radical (unpaired) electrons. The highest BCUT2D eigenvalue weighted by atomic mass is 16.5. The molecule has 4 rings (SSSR count). The molecule has 7 nitrogen and oxygen atoms in total. The smallest absolute Gasteiger partial charge is 0.258 e. The number of methoxy groups -OCH3 is 2. The summed E-state index contributed by atoms with van der Waals surface area (Å²) in [5.74, 6) is 2.47.